The minimum Gasteiger partial charge on any atom is -0.486 e. The number of nitrogens with one attached hydrogen (secondary N) is 1. The number of aromatic nitrogens is 2. The minimum absolute atomic E-state index is 0.0130. The Balaban J connectivity index is 1.43. The standard InChI is InChI=1S/C19H22N4O3/c1-13-6-7-20-19(21-13)23-8-2-3-14(12-23)18(24)22-15-4-5-16-17(11-15)26-10-9-25-16/h4-7,11,14H,2-3,8-10,12H2,1H3,(H,22,24). The van der Waals surface area contributed by atoms with Crippen LogP contribution in [0.2, 0.25) is 0 Å². The van der Waals surface area contributed by atoms with Crippen molar-refractivity contribution in [3.05, 3.63) is 36.2 Å². The van der Waals surface area contributed by atoms with Crippen LogP contribution in [0.15, 0.2) is 30.5 Å². The van der Waals surface area contributed by atoms with Gasteiger partial charge >= 0.3 is 0 Å². The summed E-state index contributed by atoms with van der Waals surface area (Å²) in [6.07, 6.45) is 3.56. The van der Waals surface area contributed by atoms with Crippen LogP contribution in [-0.2, 0) is 4.79 Å². The zero-order chi connectivity index (χ0) is 17.9. The molecule has 3 heterocycles. The Morgan fingerprint density at radius 3 is 2.92 bits per heavy atom. The zero-order valence-electron chi connectivity index (χ0n) is 14.8. The highest BCUT2D eigenvalue weighted by Gasteiger charge is 2.27. The zero-order valence-corrected chi connectivity index (χ0v) is 14.8. The number of piperidine rings is 1. The van der Waals surface area contributed by atoms with E-state index in [1.807, 2.05) is 31.2 Å². The first-order valence-electron chi connectivity index (χ1n) is 8.94. The van der Waals surface area contributed by atoms with Crippen molar-refractivity contribution in [2.75, 3.05) is 36.5 Å². The van der Waals surface area contributed by atoms with Crippen LogP contribution in [0.25, 0.3) is 0 Å². The third-order valence-corrected chi connectivity index (χ3v) is 4.67. The lowest BCUT2D eigenvalue weighted by Gasteiger charge is -2.32. The van der Waals surface area contributed by atoms with Crippen molar-refractivity contribution in [2.45, 2.75) is 19.8 Å². The monoisotopic (exact) mass is 354 g/mol. The van der Waals surface area contributed by atoms with Crippen LogP contribution in [0.5, 0.6) is 11.5 Å². The van der Waals surface area contributed by atoms with Gasteiger partial charge in [0, 0.05) is 36.7 Å². The van der Waals surface area contributed by atoms with Crippen LogP contribution in [0.3, 0.4) is 0 Å². The van der Waals surface area contributed by atoms with Crippen molar-refractivity contribution in [2.24, 2.45) is 5.92 Å². The first kappa shape index (κ1) is 16.6. The van der Waals surface area contributed by atoms with Crippen molar-refractivity contribution < 1.29 is 14.3 Å². The summed E-state index contributed by atoms with van der Waals surface area (Å²) in [4.78, 5) is 23.6. The van der Waals surface area contributed by atoms with E-state index >= 15 is 0 Å². The first-order valence-corrected chi connectivity index (χ1v) is 8.94. The Hall–Kier alpha value is -2.83. The van der Waals surface area contributed by atoms with Gasteiger partial charge in [-0.25, -0.2) is 9.97 Å². The molecule has 1 fully saturated rings. The van der Waals surface area contributed by atoms with Crippen LogP contribution < -0.4 is 19.7 Å². The molecule has 4 rings (SSSR count). The van der Waals surface area contributed by atoms with Crippen molar-refractivity contribution in [1.29, 1.82) is 0 Å². The van der Waals surface area contributed by atoms with E-state index in [1.54, 1.807) is 6.20 Å². The minimum atomic E-state index is -0.0962. The number of aryl methyl sites for hydroxylation is 1. The van der Waals surface area contributed by atoms with E-state index in [-0.39, 0.29) is 11.8 Å². The van der Waals surface area contributed by atoms with Crippen LogP contribution in [0, 0.1) is 12.8 Å². The number of benzene rings is 1. The maximum Gasteiger partial charge on any atom is 0.229 e. The lowest BCUT2D eigenvalue weighted by molar-refractivity contribution is -0.120. The highest BCUT2D eigenvalue weighted by atomic mass is 16.6. The SMILES string of the molecule is Cc1ccnc(N2CCCC(C(=O)Nc3ccc4c(c3)OCCO4)C2)n1. The predicted octanol–water partition coefficient (Wildman–Crippen LogP) is 2.41. The number of rotatable bonds is 3. The molecule has 2 aliphatic rings. The summed E-state index contributed by atoms with van der Waals surface area (Å²) in [5, 5.41) is 3.00. The molecular formula is C19H22N4O3. The molecule has 0 bridgehead atoms. The summed E-state index contributed by atoms with van der Waals surface area (Å²) >= 11 is 0. The second kappa shape index (κ2) is 7.19. The second-order valence-corrected chi connectivity index (χ2v) is 6.63. The quantitative estimate of drug-likeness (QED) is 0.912. The Morgan fingerprint density at radius 2 is 2.08 bits per heavy atom. The molecule has 2 aromatic rings. The van der Waals surface area contributed by atoms with E-state index in [1.165, 1.54) is 0 Å². The van der Waals surface area contributed by atoms with Gasteiger partial charge in [0.15, 0.2) is 11.5 Å². The smallest absolute Gasteiger partial charge is 0.229 e. The lowest BCUT2D eigenvalue weighted by Crippen LogP contribution is -2.41. The van der Waals surface area contributed by atoms with E-state index in [4.69, 9.17) is 9.47 Å². The lowest BCUT2D eigenvalue weighted by atomic mass is 9.97. The summed E-state index contributed by atoms with van der Waals surface area (Å²) < 4.78 is 11.1. The van der Waals surface area contributed by atoms with E-state index in [0.717, 1.165) is 36.5 Å². The number of ether oxygens (including phenoxy) is 2. The molecule has 1 aromatic heterocycles. The fourth-order valence-electron chi connectivity index (χ4n) is 3.33. The van der Waals surface area contributed by atoms with Crippen molar-refractivity contribution in [3.63, 3.8) is 0 Å². The van der Waals surface area contributed by atoms with Gasteiger partial charge in [0.25, 0.3) is 0 Å². The van der Waals surface area contributed by atoms with Gasteiger partial charge in [-0.1, -0.05) is 0 Å². The molecule has 7 heteroatoms. The van der Waals surface area contributed by atoms with Crippen LogP contribution in [-0.4, -0.2) is 42.2 Å². The fraction of sp³-hybridized carbons (Fsp3) is 0.421. The van der Waals surface area contributed by atoms with Crippen molar-refractivity contribution in [3.8, 4) is 11.5 Å². The molecule has 2 aliphatic heterocycles. The van der Waals surface area contributed by atoms with E-state index in [9.17, 15) is 4.79 Å². The van der Waals surface area contributed by atoms with Gasteiger partial charge in [-0.05, 0) is 38.0 Å². The molecule has 7 nitrogen and oxygen atoms in total. The van der Waals surface area contributed by atoms with Crippen LogP contribution in [0.4, 0.5) is 11.6 Å². The summed E-state index contributed by atoms with van der Waals surface area (Å²) in [6, 6.07) is 7.36. The Bertz CT molecular complexity index is 811. The molecule has 0 aliphatic carbocycles. The van der Waals surface area contributed by atoms with E-state index < -0.39 is 0 Å². The number of nitrogens with zero attached hydrogens (tertiary/aromatic N) is 3. The van der Waals surface area contributed by atoms with E-state index in [0.29, 0.717) is 31.5 Å². The number of amides is 1. The third kappa shape index (κ3) is 3.56. The Morgan fingerprint density at radius 1 is 1.23 bits per heavy atom. The maximum absolute atomic E-state index is 12.7. The second-order valence-electron chi connectivity index (χ2n) is 6.63. The van der Waals surface area contributed by atoms with Gasteiger partial charge in [0.05, 0.1) is 5.92 Å². The first-order chi connectivity index (χ1) is 12.7. The number of anilines is 2. The summed E-state index contributed by atoms with van der Waals surface area (Å²) in [5.41, 5.74) is 1.65. The van der Waals surface area contributed by atoms with Crippen LogP contribution in [0.1, 0.15) is 18.5 Å². The van der Waals surface area contributed by atoms with Gasteiger partial charge in [0.1, 0.15) is 13.2 Å². The van der Waals surface area contributed by atoms with Crippen molar-refractivity contribution in [1.82, 2.24) is 9.97 Å². The molecule has 1 N–H and O–H groups in total. The molecule has 136 valence electrons. The normalized spacial score (nSPS) is 19.1. The Kier molecular flexibility index (Phi) is 4.60. The number of hydrogen-bond acceptors (Lipinski definition) is 6. The molecule has 1 atom stereocenters. The molecule has 26 heavy (non-hydrogen) atoms. The van der Waals surface area contributed by atoms with Gasteiger partial charge in [-0.15, -0.1) is 0 Å². The number of fused-ring (bicyclic) bond motifs is 1. The fourth-order valence-corrected chi connectivity index (χ4v) is 3.33. The van der Waals surface area contributed by atoms with Gasteiger partial charge in [-0.2, -0.15) is 0 Å². The molecule has 1 amide bonds. The largest absolute Gasteiger partial charge is 0.486 e. The van der Waals surface area contributed by atoms with Gasteiger partial charge < -0.3 is 19.7 Å². The van der Waals surface area contributed by atoms with Crippen molar-refractivity contribution >= 4 is 17.5 Å². The predicted molar refractivity (Wildman–Crippen MR) is 97.8 cm³/mol. The van der Waals surface area contributed by atoms with Gasteiger partial charge in [-0.3, -0.25) is 4.79 Å². The molecule has 1 aromatic carbocycles. The number of carbonyl (C=O) groups is 1. The van der Waals surface area contributed by atoms with Crippen LogP contribution >= 0.6 is 0 Å². The molecule has 1 unspecified atom stereocenters. The molecular weight excluding hydrogens is 332 g/mol. The van der Waals surface area contributed by atoms with E-state index in [2.05, 4.69) is 20.2 Å². The average molecular weight is 354 g/mol. The molecule has 1 saturated heterocycles. The highest BCUT2D eigenvalue weighted by Crippen LogP contribution is 2.33. The number of carbonyl (C=O) groups excluding carboxylic acids is 1. The summed E-state index contributed by atoms with van der Waals surface area (Å²) in [6.45, 7) is 4.52. The number of hydrogen-bond donors (Lipinski definition) is 1. The molecule has 0 spiro atoms. The average Bonchev–Trinajstić information content (AvgIpc) is 2.68. The topological polar surface area (TPSA) is 76.6 Å². The maximum atomic E-state index is 12.7. The molecule has 0 radical (unpaired) electrons. The third-order valence-electron chi connectivity index (χ3n) is 4.67. The highest BCUT2D eigenvalue weighted by molar-refractivity contribution is 5.93. The van der Waals surface area contributed by atoms with Gasteiger partial charge in [0.2, 0.25) is 11.9 Å². The molecule has 0 saturated carbocycles. The summed E-state index contributed by atoms with van der Waals surface area (Å²) in [7, 11) is 0. The summed E-state index contributed by atoms with van der Waals surface area (Å²) in [5.74, 6) is 2.00. The Labute approximate surface area is 152 Å².